The van der Waals surface area contributed by atoms with Crippen LogP contribution in [0.2, 0.25) is 0 Å². The van der Waals surface area contributed by atoms with Gasteiger partial charge in [-0.25, -0.2) is 4.79 Å². The number of esters is 3. The van der Waals surface area contributed by atoms with E-state index in [1.54, 1.807) is 0 Å². The van der Waals surface area contributed by atoms with E-state index in [4.69, 9.17) is 23.7 Å². The number of carboxylic acids is 1. The van der Waals surface area contributed by atoms with Crippen LogP contribution in [-0.4, -0.2) is 89.2 Å². The predicted octanol–water partition coefficient (Wildman–Crippen LogP) is 15.5. The van der Waals surface area contributed by atoms with Crippen LogP contribution in [0.4, 0.5) is 0 Å². The van der Waals surface area contributed by atoms with Gasteiger partial charge in [0.05, 0.1) is 6.61 Å². The highest BCUT2D eigenvalue weighted by molar-refractivity contribution is 5.74. The number of rotatable bonds is 52. The molecule has 0 aromatic carbocycles. The molecular formula is C61H110O12. The average Bonchev–Trinajstić information content (AvgIpc) is 3.37. The van der Waals surface area contributed by atoms with Gasteiger partial charge in [-0.3, -0.25) is 14.4 Å². The molecule has 0 bridgehead atoms. The Balaban J connectivity index is 2.65. The minimum atomic E-state index is -1.90. The number of carboxylic acid groups (broad SMARTS) is 1. The van der Waals surface area contributed by atoms with Crippen LogP contribution in [0, 0.1) is 0 Å². The standard InChI is InChI=1S/C61H110O12/c1-4-7-10-13-16-19-21-23-25-27-29-31-33-36-38-41-44-47-53(62)69-50-52(71-54(63)48-45-42-40-37-34-32-30-28-26-24-22-20-17-14-11-8-5-2)51-70-61-59(57(66)56(65)58(73-61)60(67)68)72-55(64)49-46-43-39-35-18-15-12-9-6-3/h16,19,23,25,52,56-59,61,65-66H,4-15,17-18,20-22,24,26-51H2,1-3H3,(H,67,68)/b19-16-,25-23-. The van der Waals surface area contributed by atoms with Crippen molar-refractivity contribution in [2.45, 2.75) is 327 Å². The summed E-state index contributed by atoms with van der Waals surface area (Å²) in [6, 6.07) is 0. The van der Waals surface area contributed by atoms with Crippen LogP contribution in [0.1, 0.15) is 290 Å². The fourth-order valence-corrected chi connectivity index (χ4v) is 9.34. The Morgan fingerprint density at radius 1 is 0.452 bits per heavy atom. The summed E-state index contributed by atoms with van der Waals surface area (Å²) in [6.07, 6.45) is 44.5. The molecule has 0 amide bonds. The van der Waals surface area contributed by atoms with Gasteiger partial charge in [-0.15, -0.1) is 0 Å². The molecule has 12 heteroatoms. The first kappa shape index (κ1) is 68.2. The lowest BCUT2D eigenvalue weighted by Crippen LogP contribution is -2.61. The molecule has 0 spiro atoms. The summed E-state index contributed by atoms with van der Waals surface area (Å²) in [5, 5.41) is 31.4. The molecule has 1 fully saturated rings. The highest BCUT2D eigenvalue weighted by Gasteiger charge is 2.50. The molecule has 0 aromatic rings. The van der Waals surface area contributed by atoms with Gasteiger partial charge in [0.15, 0.2) is 24.6 Å². The minimum absolute atomic E-state index is 0.0649. The average molecular weight is 1040 g/mol. The van der Waals surface area contributed by atoms with Crippen molar-refractivity contribution in [3.63, 3.8) is 0 Å². The molecule has 1 aliphatic heterocycles. The Bertz CT molecular complexity index is 1370. The number of carbonyl (C=O) groups is 4. The van der Waals surface area contributed by atoms with Gasteiger partial charge >= 0.3 is 23.9 Å². The predicted molar refractivity (Wildman–Crippen MR) is 294 cm³/mol. The van der Waals surface area contributed by atoms with Crippen molar-refractivity contribution < 1.29 is 58.2 Å². The number of hydrogen-bond acceptors (Lipinski definition) is 11. The quantitative estimate of drug-likeness (QED) is 0.0228. The van der Waals surface area contributed by atoms with Gasteiger partial charge in [-0.05, 0) is 51.4 Å². The summed E-state index contributed by atoms with van der Waals surface area (Å²) in [6.45, 7) is 5.96. The van der Waals surface area contributed by atoms with Crippen LogP contribution in [0.15, 0.2) is 24.3 Å². The zero-order valence-electron chi connectivity index (χ0n) is 46.9. The third-order valence-electron chi connectivity index (χ3n) is 14.0. The number of hydrogen-bond donors (Lipinski definition) is 3. The number of aliphatic hydroxyl groups is 2. The topological polar surface area (TPSA) is 175 Å². The molecule has 6 unspecified atom stereocenters. The van der Waals surface area contributed by atoms with E-state index in [1.165, 1.54) is 148 Å². The normalized spacial score (nSPS) is 18.4. The van der Waals surface area contributed by atoms with E-state index in [9.17, 15) is 34.5 Å². The lowest BCUT2D eigenvalue weighted by Gasteiger charge is -2.40. The van der Waals surface area contributed by atoms with Gasteiger partial charge in [0.25, 0.3) is 0 Å². The highest BCUT2D eigenvalue weighted by atomic mass is 16.7. The molecule has 1 heterocycles. The van der Waals surface area contributed by atoms with Crippen molar-refractivity contribution in [3.05, 3.63) is 24.3 Å². The minimum Gasteiger partial charge on any atom is -0.479 e. The molecule has 6 atom stereocenters. The SMILES string of the molecule is CCCCC/C=C\C/C=C\CCCCCCCCCC(=O)OCC(COC1OC(C(=O)O)C(O)C(O)C1OC(=O)CCCCCCCCCCC)OC(=O)CCCCCCCCCCCCCCCCCCC. The number of aliphatic hydroxyl groups excluding tert-OH is 2. The first-order chi connectivity index (χ1) is 35.6. The fourth-order valence-electron chi connectivity index (χ4n) is 9.34. The third-order valence-corrected chi connectivity index (χ3v) is 14.0. The largest absolute Gasteiger partial charge is 0.479 e. The van der Waals surface area contributed by atoms with E-state index in [-0.39, 0.29) is 25.9 Å². The molecule has 0 aromatic heterocycles. The molecule has 0 radical (unpaired) electrons. The molecule has 12 nitrogen and oxygen atoms in total. The van der Waals surface area contributed by atoms with E-state index in [0.717, 1.165) is 83.5 Å². The van der Waals surface area contributed by atoms with E-state index >= 15 is 0 Å². The van der Waals surface area contributed by atoms with Crippen molar-refractivity contribution in [1.82, 2.24) is 0 Å². The molecule has 0 aliphatic carbocycles. The van der Waals surface area contributed by atoms with Gasteiger partial charge in [0.2, 0.25) is 0 Å². The van der Waals surface area contributed by atoms with E-state index in [1.807, 2.05) is 0 Å². The number of aliphatic carboxylic acids is 1. The van der Waals surface area contributed by atoms with Crippen LogP contribution in [0.3, 0.4) is 0 Å². The maximum absolute atomic E-state index is 13.2. The summed E-state index contributed by atoms with van der Waals surface area (Å²) < 4.78 is 28.4. The first-order valence-electron chi connectivity index (χ1n) is 30.3. The molecule has 1 rings (SSSR count). The van der Waals surface area contributed by atoms with Crippen LogP contribution in [0.5, 0.6) is 0 Å². The Kier molecular flexibility index (Phi) is 46.8. The third kappa shape index (κ3) is 40.2. The van der Waals surface area contributed by atoms with Gasteiger partial charge in [0, 0.05) is 19.3 Å². The summed E-state index contributed by atoms with van der Waals surface area (Å²) in [5.41, 5.74) is 0. The second kappa shape index (κ2) is 50.0. The van der Waals surface area contributed by atoms with E-state index < -0.39 is 67.3 Å². The second-order valence-electron chi connectivity index (χ2n) is 21.0. The van der Waals surface area contributed by atoms with Crippen molar-refractivity contribution in [3.8, 4) is 0 Å². The molecule has 1 saturated heterocycles. The second-order valence-corrected chi connectivity index (χ2v) is 21.0. The summed E-state index contributed by atoms with van der Waals surface area (Å²) in [4.78, 5) is 51.0. The first-order valence-corrected chi connectivity index (χ1v) is 30.3. The zero-order valence-corrected chi connectivity index (χ0v) is 46.9. The molecule has 1 aliphatic rings. The van der Waals surface area contributed by atoms with Crippen LogP contribution < -0.4 is 0 Å². The maximum Gasteiger partial charge on any atom is 0.335 e. The molecule has 0 saturated carbocycles. The molecule has 73 heavy (non-hydrogen) atoms. The number of carbonyl (C=O) groups excluding carboxylic acids is 3. The zero-order chi connectivity index (χ0) is 53.3. The Morgan fingerprint density at radius 2 is 0.822 bits per heavy atom. The molecular weight excluding hydrogens is 925 g/mol. The van der Waals surface area contributed by atoms with Crippen molar-refractivity contribution in [2.75, 3.05) is 13.2 Å². The molecule has 426 valence electrons. The Hall–Kier alpha value is -2.80. The lowest BCUT2D eigenvalue weighted by molar-refractivity contribution is -0.301. The summed E-state index contributed by atoms with van der Waals surface area (Å²) in [7, 11) is 0. The van der Waals surface area contributed by atoms with Crippen LogP contribution >= 0.6 is 0 Å². The smallest absolute Gasteiger partial charge is 0.335 e. The van der Waals surface area contributed by atoms with Crippen LogP contribution in [-0.2, 0) is 42.9 Å². The lowest BCUT2D eigenvalue weighted by atomic mass is 9.98. The van der Waals surface area contributed by atoms with E-state index in [0.29, 0.717) is 19.3 Å². The van der Waals surface area contributed by atoms with E-state index in [2.05, 4.69) is 45.1 Å². The Labute approximate surface area is 445 Å². The van der Waals surface area contributed by atoms with Crippen molar-refractivity contribution in [1.29, 1.82) is 0 Å². The highest BCUT2D eigenvalue weighted by Crippen LogP contribution is 2.27. The van der Waals surface area contributed by atoms with Crippen LogP contribution in [0.25, 0.3) is 0 Å². The van der Waals surface area contributed by atoms with Crippen molar-refractivity contribution >= 4 is 23.9 Å². The monoisotopic (exact) mass is 1030 g/mol. The Morgan fingerprint density at radius 3 is 1.26 bits per heavy atom. The number of ether oxygens (including phenoxy) is 5. The van der Waals surface area contributed by atoms with Gasteiger partial charge in [0.1, 0.15) is 18.8 Å². The fraction of sp³-hybridized carbons (Fsp3) is 0.869. The van der Waals surface area contributed by atoms with Gasteiger partial charge in [-0.2, -0.15) is 0 Å². The van der Waals surface area contributed by atoms with Gasteiger partial charge < -0.3 is 39.0 Å². The summed E-state index contributed by atoms with van der Waals surface area (Å²) >= 11 is 0. The van der Waals surface area contributed by atoms with Crippen molar-refractivity contribution in [2.24, 2.45) is 0 Å². The van der Waals surface area contributed by atoms with Gasteiger partial charge in [-0.1, -0.05) is 244 Å². The maximum atomic E-state index is 13.2. The number of unbranched alkanes of at least 4 members (excludes halogenated alkanes) is 34. The summed E-state index contributed by atoms with van der Waals surface area (Å²) in [5.74, 6) is -3.10. The number of allylic oxidation sites excluding steroid dienone is 4. The molecule has 3 N–H and O–H groups in total.